The molecule has 0 aliphatic rings. The maximum atomic E-state index is 12.3. The van der Waals surface area contributed by atoms with Crippen molar-refractivity contribution in [2.24, 2.45) is 5.10 Å². The number of amides is 1. The normalized spacial score (nSPS) is 11.3. The van der Waals surface area contributed by atoms with Crippen LogP contribution in [0.2, 0.25) is 0 Å². The highest BCUT2D eigenvalue weighted by molar-refractivity contribution is 6.15. The van der Waals surface area contributed by atoms with Crippen LogP contribution in [0.3, 0.4) is 0 Å². The molecule has 0 bridgehead atoms. The lowest BCUT2D eigenvalue weighted by atomic mass is 9.93. The van der Waals surface area contributed by atoms with E-state index in [-0.39, 0.29) is 5.91 Å². The Bertz CT molecular complexity index is 1120. The number of hydrogen-bond acceptors (Lipinski definition) is 2. The molecule has 0 radical (unpaired) electrons. The number of fused-ring (bicyclic) bond motifs is 2. The molecule has 0 spiro atoms. The Hall–Kier alpha value is -3.46. The van der Waals surface area contributed by atoms with Gasteiger partial charge in [0.05, 0.1) is 6.21 Å². The first kappa shape index (κ1) is 17.0. The number of nitrogens with zero attached hydrogens (tertiary/aromatic N) is 1. The Labute approximate surface area is 158 Å². The summed E-state index contributed by atoms with van der Waals surface area (Å²) in [5.41, 5.74) is 6.62. The second-order valence-electron chi connectivity index (χ2n) is 6.69. The highest BCUT2D eigenvalue weighted by Crippen LogP contribution is 2.31. The summed E-state index contributed by atoms with van der Waals surface area (Å²) in [6, 6.07) is 24.0. The Morgan fingerprint density at radius 2 is 1.30 bits per heavy atom. The van der Waals surface area contributed by atoms with Crippen molar-refractivity contribution < 1.29 is 4.79 Å². The van der Waals surface area contributed by atoms with Gasteiger partial charge in [0, 0.05) is 11.1 Å². The number of nitrogens with one attached hydrogen (secondary N) is 1. The van der Waals surface area contributed by atoms with E-state index in [0.717, 1.165) is 21.9 Å². The van der Waals surface area contributed by atoms with E-state index >= 15 is 0 Å². The largest absolute Gasteiger partial charge is 0.271 e. The topological polar surface area (TPSA) is 41.5 Å². The molecular weight excluding hydrogens is 332 g/mol. The van der Waals surface area contributed by atoms with E-state index in [2.05, 4.69) is 41.7 Å². The van der Waals surface area contributed by atoms with E-state index in [9.17, 15) is 4.79 Å². The molecular formula is C24H20N2O. The maximum absolute atomic E-state index is 12.3. The molecule has 0 aliphatic heterocycles. The van der Waals surface area contributed by atoms with Crippen LogP contribution in [0.4, 0.5) is 0 Å². The van der Waals surface area contributed by atoms with Crippen LogP contribution in [0.25, 0.3) is 21.5 Å². The first-order valence-electron chi connectivity index (χ1n) is 8.95. The summed E-state index contributed by atoms with van der Waals surface area (Å²) < 4.78 is 0. The zero-order valence-corrected chi connectivity index (χ0v) is 15.4. The third kappa shape index (κ3) is 3.20. The molecule has 0 aromatic heterocycles. The van der Waals surface area contributed by atoms with Crippen molar-refractivity contribution in [3.8, 4) is 0 Å². The zero-order chi connectivity index (χ0) is 18.8. The second-order valence-corrected chi connectivity index (χ2v) is 6.69. The minimum absolute atomic E-state index is 0.216. The van der Waals surface area contributed by atoms with E-state index in [1.54, 1.807) is 18.3 Å². The summed E-state index contributed by atoms with van der Waals surface area (Å²) in [5.74, 6) is -0.216. The van der Waals surface area contributed by atoms with Crippen molar-refractivity contribution in [3.63, 3.8) is 0 Å². The van der Waals surface area contributed by atoms with Gasteiger partial charge >= 0.3 is 0 Å². The van der Waals surface area contributed by atoms with E-state index in [0.29, 0.717) is 5.56 Å². The highest BCUT2D eigenvalue weighted by Gasteiger charge is 2.10. The van der Waals surface area contributed by atoms with Crippen LogP contribution in [0.1, 0.15) is 27.0 Å². The molecule has 0 aliphatic carbocycles. The summed E-state index contributed by atoms with van der Waals surface area (Å²) in [6.07, 6.45) is 1.75. The molecule has 0 saturated carbocycles. The number of aryl methyl sites for hydroxylation is 2. The van der Waals surface area contributed by atoms with Gasteiger partial charge in [-0.05, 0) is 53.1 Å². The van der Waals surface area contributed by atoms with Gasteiger partial charge in [-0.3, -0.25) is 4.79 Å². The molecule has 3 nitrogen and oxygen atoms in total. The minimum Gasteiger partial charge on any atom is -0.267 e. The molecule has 0 fully saturated rings. The van der Waals surface area contributed by atoms with Crippen LogP contribution >= 0.6 is 0 Å². The molecule has 0 atom stereocenters. The lowest BCUT2D eigenvalue weighted by Gasteiger charge is -2.11. The van der Waals surface area contributed by atoms with Crippen LogP contribution < -0.4 is 5.43 Å². The average molecular weight is 352 g/mol. The Balaban J connectivity index is 1.74. The number of hydrazone groups is 1. The molecule has 132 valence electrons. The number of rotatable bonds is 3. The van der Waals surface area contributed by atoms with Gasteiger partial charge < -0.3 is 0 Å². The van der Waals surface area contributed by atoms with Gasteiger partial charge in [-0.1, -0.05) is 66.2 Å². The monoisotopic (exact) mass is 352 g/mol. The number of benzene rings is 4. The molecule has 4 rings (SSSR count). The lowest BCUT2D eigenvalue weighted by molar-refractivity contribution is 0.0955. The van der Waals surface area contributed by atoms with Crippen LogP contribution in [-0.4, -0.2) is 12.1 Å². The fourth-order valence-corrected chi connectivity index (χ4v) is 3.44. The van der Waals surface area contributed by atoms with Gasteiger partial charge in [0.2, 0.25) is 0 Å². The van der Waals surface area contributed by atoms with Gasteiger partial charge in [0.25, 0.3) is 5.91 Å². The molecule has 27 heavy (non-hydrogen) atoms. The van der Waals surface area contributed by atoms with Crippen LogP contribution in [0.15, 0.2) is 77.9 Å². The van der Waals surface area contributed by atoms with Gasteiger partial charge in [-0.2, -0.15) is 5.10 Å². The third-order valence-electron chi connectivity index (χ3n) is 4.92. The quantitative estimate of drug-likeness (QED) is 0.300. The van der Waals surface area contributed by atoms with E-state index < -0.39 is 0 Å². The summed E-state index contributed by atoms with van der Waals surface area (Å²) >= 11 is 0. The predicted octanol–water partition coefficient (Wildman–Crippen LogP) is 5.37. The lowest BCUT2D eigenvalue weighted by Crippen LogP contribution is -2.17. The van der Waals surface area contributed by atoms with Crippen LogP contribution in [0, 0.1) is 13.8 Å². The number of carbonyl (C=O) groups is 1. The molecule has 4 aromatic carbocycles. The second kappa shape index (κ2) is 7.04. The van der Waals surface area contributed by atoms with E-state index in [4.69, 9.17) is 0 Å². The Kier molecular flexibility index (Phi) is 4.43. The van der Waals surface area contributed by atoms with Gasteiger partial charge in [-0.15, -0.1) is 0 Å². The van der Waals surface area contributed by atoms with Crippen LogP contribution in [0.5, 0.6) is 0 Å². The minimum atomic E-state index is -0.216. The standard InChI is InChI=1S/C24H20N2O/c1-16-11-13-18(14-12-16)24(27)26-25-15-23-21-9-5-3-7-19(21)17(2)20-8-4-6-10-22(20)23/h3-15H,1-2H3,(H,26,27)/b25-15+. The molecule has 0 heterocycles. The highest BCUT2D eigenvalue weighted by atomic mass is 16.2. The molecule has 0 unspecified atom stereocenters. The molecule has 1 amide bonds. The van der Waals surface area contributed by atoms with Crippen molar-refractivity contribution in [1.82, 2.24) is 5.43 Å². The fraction of sp³-hybridized carbons (Fsp3) is 0.0833. The summed E-state index contributed by atoms with van der Waals surface area (Å²) in [4.78, 5) is 12.3. The van der Waals surface area contributed by atoms with Crippen LogP contribution in [-0.2, 0) is 0 Å². The summed E-state index contributed by atoms with van der Waals surface area (Å²) in [6.45, 7) is 4.14. The van der Waals surface area contributed by atoms with Crippen molar-refractivity contribution in [2.45, 2.75) is 13.8 Å². The molecule has 1 N–H and O–H groups in total. The smallest absolute Gasteiger partial charge is 0.267 e. The Morgan fingerprint density at radius 3 is 1.85 bits per heavy atom. The summed E-state index contributed by atoms with van der Waals surface area (Å²) in [7, 11) is 0. The predicted molar refractivity (Wildman–Crippen MR) is 112 cm³/mol. The van der Waals surface area contributed by atoms with Crippen molar-refractivity contribution in [1.29, 1.82) is 0 Å². The Morgan fingerprint density at radius 1 is 0.778 bits per heavy atom. The number of carbonyl (C=O) groups excluding carboxylic acids is 1. The summed E-state index contributed by atoms with van der Waals surface area (Å²) in [5, 5.41) is 8.89. The fourth-order valence-electron chi connectivity index (χ4n) is 3.44. The van der Waals surface area contributed by atoms with E-state index in [1.807, 2.05) is 43.3 Å². The van der Waals surface area contributed by atoms with E-state index in [1.165, 1.54) is 16.3 Å². The first-order valence-corrected chi connectivity index (χ1v) is 8.95. The van der Waals surface area contributed by atoms with Gasteiger partial charge in [0.1, 0.15) is 0 Å². The first-order chi connectivity index (χ1) is 13.1. The van der Waals surface area contributed by atoms with Crippen molar-refractivity contribution in [2.75, 3.05) is 0 Å². The van der Waals surface area contributed by atoms with Gasteiger partial charge in [-0.25, -0.2) is 5.43 Å². The molecule has 4 aromatic rings. The average Bonchev–Trinajstić information content (AvgIpc) is 2.71. The SMILES string of the molecule is Cc1ccc(C(=O)N/N=C/c2c3ccccc3c(C)c3ccccc23)cc1. The van der Waals surface area contributed by atoms with Crippen molar-refractivity contribution >= 4 is 33.7 Å². The maximum Gasteiger partial charge on any atom is 0.271 e. The van der Waals surface area contributed by atoms with Crippen molar-refractivity contribution in [3.05, 3.63) is 95.1 Å². The molecule has 0 saturated heterocycles. The van der Waals surface area contributed by atoms with Gasteiger partial charge in [0.15, 0.2) is 0 Å². The number of hydrogen-bond donors (Lipinski definition) is 1. The molecule has 3 heteroatoms. The zero-order valence-electron chi connectivity index (χ0n) is 15.4. The third-order valence-corrected chi connectivity index (χ3v) is 4.92.